The van der Waals surface area contributed by atoms with E-state index >= 15 is 0 Å². The maximum absolute atomic E-state index is 13.0. The van der Waals surface area contributed by atoms with Gasteiger partial charge in [0.15, 0.2) is 0 Å². The second kappa shape index (κ2) is 9.13. The monoisotopic (exact) mass is 469 g/mol. The minimum Gasteiger partial charge on any atom is -0.480 e. The van der Waals surface area contributed by atoms with Gasteiger partial charge in [-0.2, -0.15) is 26.3 Å². The number of halogens is 6. The first-order valence-electron chi connectivity index (χ1n) is 9.61. The lowest BCUT2D eigenvalue weighted by Crippen LogP contribution is -2.43. The van der Waals surface area contributed by atoms with Gasteiger partial charge in [-0.05, 0) is 40.1 Å². The van der Waals surface area contributed by atoms with E-state index in [1.807, 2.05) is 18.2 Å². The first kappa shape index (κ1) is 24.1. The van der Waals surface area contributed by atoms with Crippen LogP contribution in [0.5, 0.6) is 0 Å². The molecule has 0 radical (unpaired) electrons. The van der Waals surface area contributed by atoms with Crippen LogP contribution in [0, 0.1) is 0 Å². The number of carboxylic acid groups (broad SMARTS) is 1. The van der Waals surface area contributed by atoms with Crippen LogP contribution in [-0.4, -0.2) is 23.0 Å². The van der Waals surface area contributed by atoms with Crippen molar-refractivity contribution in [3.05, 3.63) is 82.9 Å². The maximum atomic E-state index is 13.0. The molecule has 0 saturated heterocycles. The first-order valence-corrected chi connectivity index (χ1v) is 9.61. The molecule has 0 aliphatic rings. The number of carbonyl (C=O) groups excluding carboxylic acids is 1. The van der Waals surface area contributed by atoms with Gasteiger partial charge in [0, 0.05) is 6.42 Å². The number of nitrogens with one attached hydrogen (secondary N) is 1. The number of carboxylic acids is 1. The van der Waals surface area contributed by atoms with Gasteiger partial charge in [-0.25, -0.2) is 4.79 Å². The fourth-order valence-electron chi connectivity index (χ4n) is 3.35. The standard InChI is InChI=1S/C23H17F6NO3/c24-22(25,26)17-8-14(9-18(12-17)23(27,28)29)11-20(31)30-19(21(32)33)10-13-5-6-15-3-1-2-4-16(15)7-13/h1-9,12,19H,10-11H2,(H,30,31)(H,32,33)/t19-/m1/s1. The quantitative estimate of drug-likeness (QED) is 0.486. The van der Waals surface area contributed by atoms with Gasteiger partial charge in [0.05, 0.1) is 17.5 Å². The predicted molar refractivity (Wildman–Crippen MR) is 107 cm³/mol. The number of carbonyl (C=O) groups is 2. The van der Waals surface area contributed by atoms with Gasteiger partial charge in [0.25, 0.3) is 0 Å². The molecule has 3 aromatic rings. The van der Waals surface area contributed by atoms with Gasteiger partial charge in [-0.15, -0.1) is 0 Å². The van der Waals surface area contributed by atoms with Crippen LogP contribution in [0.4, 0.5) is 26.3 Å². The molecule has 3 rings (SSSR count). The molecule has 1 amide bonds. The molecule has 174 valence electrons. The van der Waals surface area contributed by atoms with Crippen molar-refractivity contribution in [2.45, 2.75) is 31.2 Å². The third-order valence-electron chi connectivity index (χ3n) is 4.90. The number of amides is 1. The molecule has 33 heavy (non-hydrogen) atoms. The van der Waals surface area contributed by atoms with E-state index in [9.17, 15) is 41.0 Å². The Balaban J connectivity index is 1.79. The van der Waals surface area contributed by atoms with Crippen LogP contribution in [0.3, 0.4) is 0 Å². The molecule has 0 aliphatic carbocycles. The minimum atomic E-state index is -5.05. The van der Waals surface area contributed by atoms with Gasteiger partial charge in [0.1, 0.15) is 6.04 Å². The Hall–Kier alpha value is -3.56. The van der Waals surface area contributed by atoms with Gasteiger partial charge < -0.3 is 10.4 Å². The largest absolute Gasteiger partial charge is 0.480 e. The van der Waals surface area contributed by atoms with Crippen molar-refractivity contribution in [3.8, 4) is 0 Å². The zero-order valence-electron chi connectivity index (χ0n) is 16.8. The second-order valence-corrected chi connectivity index (χ2v) is 7.43. The van der Waals surface area contributed by atoms with Crippen molar-refractivity contribution in [2.24, 2.45) is 0 Å². The molecule has 0 aliphatic heterocycles. The van der Waals surface area contributed by atoms with Crippen molar-refractivity contribution in [3.63, 3.8) is 0 Å². The molecule has 0 bridgehead atoms. The summed E-state index contributed by atoms with van der Waals surface area (Å²) in [6.07, 6.45) is -11.1. The molecule has 0 fully saturated rings. The Morgan fingerprint density at radius 1 is 0.788 bits per heavy atom. The fourth-order valence-corrected chi connectivity index (χ4v) is 3.35. The van der Waals surface area contributed by atoms with Crippen molar-refractivity contribution in [1.82, 2.24) is 5.32 Å². The van der Waals surface area contributed by atoms with Crippen molar-refractivity contribution < 1.29 is 41.0 Å². The molecule has 0 unspecified atom stereocenters. The van der Waals surface area contributed by atoms with Crippen LogP contribution in [0.25, 0.3) is 10.8 Å². The summed E-state index contributed by atoms with van der Waals surface area (Å²) < 4.78 is 78.0. The minimum absolute atomic E-state index is 0.0405. The summed E-state index contributed by atoms with van der Waals surface area (Å²) in [4.78, 5) is 23.9. The maximum Gasteiger partial charge on any atom is 0.416 e. The number of aliphatic carboxylic acids is 1. The highest BCUT2D eigenvalue weighted by atomic mass is 19.4. The molecular weight excluding hydrogens is 452 g/mol. The molecule has 0 saturated carbocycles. The molecule has 2 N–H and O–H groups in total. The topological polar surface area (TPSA) is 66.4 Å². The van der Waals surface area contributed by atoms with Crippen LogP contribution in [0.2, 0.25) is 0 Å². The summed E-state index contributed by atoms with van der Waals surface area (Å²) in [5.41, 5.74) is -3.05. The smallest absolute Gasteiger partial charge is 0.416 e. The third-order valence-corrected chi connectivity index (χ3v) is 4.90. The van der Waals surface area contributed by atoms with Gasteiger partial charge in [-0.3, -0.25) is 4.79 Å². The number of alkyl halides is 6. The van der Waals surface area contributed by atoms with Gasteiger partial charge >= 0.3 is 18.3 Å². The number of hydrogen-bond donors (Lipinski definition) is 2. The van der Waals surface area contributed by atoms with E-state index < -0.39 is 53.4 Å². The Bertz CT molecular complexity index is 1150. The number of benzene rings is 3. The van der Waals surface area contributed by atoms with E-state index in [0.29, 0.717) is 17.7 Å². The van der Waals surface area contributed by atoms with Crippen molar-refractivity contribution in [2.75, 3.05) is 0 Å². The van der Waals surface area contributed by atoms with E-state index in [1.54, 1.807) is 24.3 Å². The predicted octanol–water partition coefficient (Wildman–Crippen LogP) is 5.23. The van der Waals surface area contributed by atoms with Gasteiger partial charge in [0.2, 0.25) is 5.91 Å². The van der Waals surface area contributed by atoms with E-state index in [0.717, 1.165) is 10.8 Å². The molecule has 1 atom stereocenters. The van der Waals surface area contributed by atoms with Crippen LogP contribution < -0.4 is 5.32 Å². The Labute approximate surface area is 183 Å². The molecule has 0 heterocycles. The van der Waals surface area contributed by atoms with E-state index in [4.69, 9.17) is 0 Å². The van der Waals surface area contributed by atoms with Crippen LogP contribution in [-0.2, 0) is 34.8 Å². The van der Waals surface area contributed by atoms with E-state index in [2.05, 4.69) is 5.32 Å². The van der Waals surface area contributed by atoms with Crippen molar-refractivity contribution >= 4 is 22.6 Å². The summed E-state index contributed by atoms with van der Waals surface area (Å²) in [5, 5.41) is 13.4. The second-order valence-electron chi connectivity index (χ2n) is 7.43. The highest BCUT2D eigenvalue weighted by molar-refractivity contribution is 5.86. The molecular formula is C23H17F6NO3. The zero-order valence-corrected chi connectivity index (χ0v) is 16.8. The molecule has 4 nitrogen and oxygen atoms in total. The summed E-state index contributed by atoms with van der Waals surface area (Å²) in [7, 11) is 0. The average molecular weight is 469 g/mol. The average Bonchev–Trinajstić information content (AvgIpc) is 2.71. The SMILES string of the molecule is O=C(Cc1cc(C(F)(F)F)cc(C(F)(F)F)c1)N[C@H](Cc1ccc2ccccc2c1)C(=O)O. The van der Waals surface area contributed by atoms with E-state index in [-0.39, 0.29) is 12.5 Å². The lowest BCUT2D eigenvalue weighted by Gasteiger charge is -2.17. The lowest BCUT2D eigenvalue weighted by molar-refractivity contribution is -0.143. The van der Waals surface area contributed by atoms with Gasteiger partial charge in [-0.1, -0.05) is 42.5 Å². The molecule has 10 heteroatoms. The third kappa shape index (κ3) is 6.24. The highest BCUT2D eigenvalue weighted by Gasteiger charge is 2.37. The number of rotatable bonds is 6. The fraction of sp³-hybridized carbons (Fsp3) is 0.217. The molecule has 3 aromatic carbocycles. The summed E-state index contributed by atoms with van der Waals surface area (Å²) >= 11 is 0. The Kier molecular flexibility index (Phi) is 6.66. The first-order chi connectivity index (χ1) is 15.3. The summed E-state index contributed by atoms with van der Waals surface area (Å²) in [5.74, 6) is -2.41. The molecule has 0 aromatic heterocycles. The van der Waals surface area contributed by atoms with Crippen molar-refractivity contribution in [1.29, 1.82) is 0 Å². The lowest BCUT2D eigenvalue weighted by atomic mass is 10.0. The summed E-state index contributed by atoms with van der Waals surface area (Å²) in [6.45, 7) is 0. The highest BCUT2D eigenvalue weighted by Crippen LogP contribution is 2.36. The van der Waals surface area contributed by atoms with E-state index in [1.165, 1.54) is 0 Å². The van der Waals surface area contributed by atoms with Crippen LogP contribution in [0.15, 0.2) is 60.7 Å². The van der Waals surface area contributed by atoms with Crippen LogP contribution in [0.1, 0.15) is 22.3 Å². The normalized spacial score (nSPS) is 13.0. The zero-order chi connectivity index (χ0) is 24.4. The van der Waals surface area contributed by atoms with Crippen LogP contribution >= 0.6 is 0 Å². The molecule has 0 spiro atoms. The summed E-state index contributed by atoms with van der Waals surface area (Å²) in [6, 6.07) is 11.9. The number of hydrogen-bond acceptors (Lipinski definition) is 2. The Morgan fingerprint density at radius 3 is 1.91 bits per heavy atom. The number of fused-ring (bicyclic) bond motifs is 1. The Morgan fingerprint density at radius 2 is 1.36 bits per heavy atom.